The smallest absolute Gasteiger partial charge is 0.265 e. The molecular weight excluding hydrogens is 382 g/mol. The molecule has 3 rings (SSSR count). The van der Waals surface area contributed by atoms with Crippen molar-refractivity contribution in [2.75, 3.05) is 18.9 Å². The van der Waals surface area contributed by atoms with Crippen LogP contribution >= 0.6 is 11.8 Å². The molecular formula is C20H19NO4S2. The summed E-state index contributed by atoms with van der Waals surface area (Å²) in [7, 11) is -0.904. The SMILES string of the molecule is COc1ccc(S(=O)(=O)Nc2ccccc2Sc2ccccc2)c(OC)c1. The molecule has 0 bridgehead atoms. The van der Waals surface area contributed by atoms with Crippen molar-refractivity contribution in [1.82, 2.24) is 0 Å². The summed E-state index contributed by atoms with van der Waals surface area (Å²) < 4.78 is 38.9. The van der Waals surface area contributed by atoms with E-state index < -0.39 is 10.0 Å². The minimum absolute atomic E-state index is 0.0466. The molecule has 7 heteroatoms. The Labute approximate surface area is 163 Å². The zero-order chi connectivity index (χ0) is 19.3. The Balaban J connectivity index is 1.93. The van der Waals surface area contributed by atoms with E-state index in [0.29, 0.717) is 11.4 Å². The van der Waals surface area contributed by atoms with Crippen molar-refractivity contribution >= 4 is 27.5 Å². The van der Waals surface area contributed by atoms with Crippen LogP contribution in [0, 0.1) is 0 Å². The Morgan fingerprint density at radius 2 is 1.56 bits per heavy atom. The van der Waals surface area contributed by atoms with Gasteiger partial charge in [-0.3, -0.25) is 4.72 Å². The third kappa shape index (κ3) is 4.56. The predicted octanol–water partition coefficient (Wildman–Crippen LogP) is 4.66. The summed E-state index contributed by atoms with van der Waals surface area (Å²) in [6.45, 7) is 0. The average Bonchev–Trinajstić information content (AvgIpc) is 2.69. The van der Waals surface area contributed by atoms with Crippen molar-refractivity contribution in [2.24, 2.45) is 0 Å². The molecule has 0 amide bonds. The van der Waals surface area contributed by atoms with Gasteiger partial charge in [-0.15, -0.1) is 0 Å². The lowest BCUT2D eigenvalue weighted by Gasteiger charge is -2.15. The van der Waals surface area contributed by atoms with E-state index in [1.165, 1.54) is 32.0 Å². The molecule has 0 saturated heterocycles. The van der Waals surface area contributed by atoms with E-state index >= 15 is 0 Å². The van der Waals surface area contributed by atoms with E-state index in [4.69, 9.17) is 9.47 Å². The molecule has 140 valence electrons. The number of benzene rings is 3. The van der Waals surface area contributed by atoms with Gasteiger partial charge in [0.2, 0.25) is 0 Å². The van der Waals surface area contributed by atoms with Crippen LogP contribution in [0.15, 0.2) is 87.5 Å². The van der Waals surface area contributed by atoms with Crippen LogP contribution in [-0.2, 0) is 10.0 Å². The van der Waals surface area contributed by atoms with Crippen LogP contribution in [0.25, 0.3) is 0 Å². The van der Waals surface area contributed by atoms with E-state index in [1.807, 2.05) is 42.5 Å². The second kappa shape index (κ2) is 8.37. The number of anilines is 1. The van der Waals surface area contributed by atoms with Crippen LogP contribution in [0.2, 0.25) is 0 Å². The maximum absolute atomic E-state index is 12.9. The number of hydrogen-bond donors (Lipinski definition) is 1. The van der Waals surface area contributed by atoms with Crippen LogP contribution in [0.3, 0.4) is 0 Å². The normalized spacial score (nSPS) is 11.0. The summed E-state index contributed by atoms with van der Waals surface area (Å²) in [5.74, 6) is 0.737. The summed E-state index contributed by atoms with van der Waals surface area (Å²) >= 11 is 1.49. The van der Waals surface area contributed by atoms with Gasteiger partial charge >= 0.3 is 0 Å². The van der Waals surface area contributed by atoms with E-state index in [9.17, 15) is 8.42 Å². The number of para-hydroxylation sites is 1. The first-order valence-electron chi connectivity index (χ1n) is 8.10. The summed E-state index contributed by atoms with van der Waals surface area (Å²) in [5, 5.41) is 0. The van der Waals surface area contributed by atoms with Crippen LogP contribution in [0.4, 0.5) is 5.69 Å². The quantitative estimate of drug-likeness (QED) is 0.624. The van der Waals surface area contributed by atoms with Gasteiger partial charge in [-0.25, -0.2) is 8.42 Å². The second-order valence-electron chi connectivity index (χ2n) is 5.53. The third-order valence-electron chi connectivity index (χ3n) is 3.76. The van der Waals surface area contributed by atoms with Gasteiger partial charge in [0.1, 0.15) is 16.4 Å². The number of methoxy groups -OCH3 is 2. The van der Waals surface area contributed by atoms with E-state index in [0.717, 1.165) is 9.79 Å². The first-order chi connectivity index (χ1) is 13.0. The van der Waals surface area contributed by atoms with Crippen LogP contribution in [0.1, 0.15) is 0 Å². The van der Waals surface area contributed by atoms with Crippen molar-refractivity contribution in [3.05, 3.63) is 72.8 Å². The van der Waals surface area contributed by atoms with Gasteiger partial charge in [-0.1, -0.05) is 42.1 Å². The molecule has 1 N–H and O–H groups in total. The number of nitrogens with one attached hydrogen (secondary N) is 1. The Kier molecular flexibility index (Phi) is 5.93. The first kappa shape index (κ1) is 19.1. The van der Waals surface area contributed by atoms with Gasteiger partial charge in [0.05, 0.1) is 19.9 Å². The Morgan fingerprint density at radius 1 is 0.852 bits per heavy atom. The molecule has 0 aliphatic heterocycles. The standard InChI is InChI=1S/C20H19NO4S2/c1-24-15-12-13-20(18(14-15)25-2)27(22,23)21-17-10-6-7-11-19(17)26-16-8-4-3-5-9-16/h3-14,21H,1-2H3. The molecule has 0 aliphatic rings. The minimum atomic E-state index is -3.84. The molecule has 0 atom stereocenters. The van der Waals surface area contributed by atoms with E-state index in [2.05, 4.69) is 4.72 Å². The molecule has 0 heterocycles. The molecule has 0 fully saturated rings. The van der Waals surface area contributed by atoms with Crippen molar-refractivity contribution in [3.63, 3.8) is 0 Å². The first-order valence-corrected chi connectivity index (χ1v) is 10.4. The van der Waals surface area contributed by atoms with Gasteiger partial charge in [-0.2, -0.15) is 0 Å². The highest BCUT2D eigenvalue weighted by atomic mass is 32.2. The summed E-state index contributed by atoms with van der Waals surface area (Å²) in [5.41, 5.74) is 0.504. The van der Waals surface area contributed by atoms with E-state index in [-0.39, 0.29) is 10.6 Å². The molecule has 27 heavy (non-hydrogen) atoms. The average molecular weight is 402 g/mol. The molecule has 0 unspecified atom stereocenters. The highest BCUT2D eigenvalue weighted by molar-refractivity contribution is 7.99. The molecule has 3 aromatic carbocycles. The van der Waals surface area contributed by atoms with Crippen LogP contribution < -0.4 is 14.2 Å². The monoisotopic (exact) mass is 401 g/mol. The fourth-order valence-corrected chi connectivity index (χ4v) is 4.67. The maximum atomic E-state index is 12.9. The highest BCUT2D eigenvalue weighted by Crippen LogP contribution is 2.35. The molecule has 0 aromatic heterocycles. The van der Waals surface area contributed by atoms with Crippen LogP contribution in [-0.4, -0.2) is 22.6 Å². The zero-order valence-electron chi connectivity index (χ0n) is 14.9. The lowest BCUT2D eigenvalue weighted by Crippen LogP contribution is -2.14. The lowest BCUT2D eigenvalue weighted by atomic mass is 10.3. The van der Waals surface area contributed by atoms with E-state index in [1.54, 1.807) is 24.3 Å². The van der Waals surface area contributed by atoms with Crippen molar-refractivity contribution in [1.29, 1.82) is 0 Å². The zero-order valence-corrected chi connectivity index (χ0v) is 16.5. The minimum Gasteiger partial charge on any atom is -0.497 e. The Hall–Kier alpha value is -2.64. The number of rotatable bonds is 7. The van der Waals surface area contributed by atoms with Crippen LogP contribution in [0.5, 0.6) is 11.5 Å². The van der Waals surface area contributed by atoms with Gasteiger partial charge in [0.25, 0.3) is 10.0 Å². The lowest BCUT2D eigenvalue weighted by molar-refractivity contribution is 0.386. The number of sulfonamides is 1. The van der Waals surface area contributed by atoms with Gasteiger partial charge in [-0.05, 0) is 36.4 Å². The second-order valence-corrected chi connectivity index (χ2v) is 8.30. The molecule has 0 radical (unpaired) electrons. The summed E-state index contributed by atoms with van der Waals surface area (Å²) in [4.78, 5) is 1.87. The largest absolute Gasteiger partial charge is 0.497 e. The highest BCUT2D eigenvalue weighted by Gasteiger charge is 2.21. The fraction of sp³-hybridized carbons (Fsp3) is 0.100. The van der Waals surface area contributed by atoms with Crippen molar-refractivity contribution < 1.29 is 17.9 Å². The maximum Gasteiger partial charge on any atom is 0.265 e. The molecule has 0 spiro atoms. The van der Waals surface area contributed by atoms with Crippen molar-refractivity contribution in [3.8, 4) is 11.5 Å². The van der Waals surface area contributed by atoms with Gasteiger partial charge in [0, 0.05) is 15.9 Å². The number of ether oxygens (including phenoxy) is 2. The molecule has 5 nitrogen and oxygen atoms in total. The summed E-state index contributed by atoms with van der Waals surface area (Å²) in [6, 6.07) is 21.6. The molecule has 0 saturated carbocycles. The Bertz CT molecular complexity index is 1020. The summed E-state index contributed by atoms with van der Waals surface area (Å²) in [6.07, 6.45) is 0. The topological polar surface area (TPSA) is 64.6 Å². The molecule has 0 aliphatic carbocycles. The molecule has 3 aromatic rings. The van der Waals surface area contributed by atoms with Crippen molar-refractivity contribution in [2.45, 2.75) is 14.7 Å². The van der Waals surface area contributed by atoms with Gasteiger partial charge in [0.15, 0.2) is 0 Å². The fourth-order valence-electron chi connectivity index (χ4n) is 2.45. The van der Waals surface area contributed by atoms with Gasteiger partial charge < -0.3 is 9.47 Å². The third-order valence-corrected chi connectivity index (χ3v) is 6.25. The predicted molar refractivity (Wildman–Crippen MR) is 107 cm³/mol. The number of hydrogen-bond acceptors (Lipinski definition) is 5. The Morgan fingerprint density at radius 3 is 2.26 bits per heavy atom.